The number of hydrogen-bond donors (Lipinski definition) is 2. The van der Waals surface area contributed by atoms with Gasteiger partial charge in [-0.15, -0.1) is 0 Å². The number of amides is 1. The van der Waals surface area contributed by atoms with Gasteiger partial charge in [-0.1, -0.05) is 41.9 Å². The first-order valence-corrected chi connectivity index (χ1v) is 18.9. The van der Waals surface area contributed by atoms with E-state index < -0.39 is 26.8 Å². The minimum Gasteiger partial charge on any atom is -0.487 e. The van der Waals surface area contributed by atoms with Gasteiger partial charge in [-0.3, -0.25) is 4.79 Å². The summed E-state index contributed by atoms with van der Waals surface area (Å²) in [6.45, 7) is 8.96. The number of carbonyl (C=O) groups is 1. The molecule has 2 aromatic carbocycles. The van der Waals surface area contributed by atoms with Gasteiger partial charge in [-0.05, 0) is 119 Å². The number of aromatic nitrogens is 1. The predicted molar refractivity (Wildman–Crippen MR) is 187 cm³/mol. The zero-order valence-electron chi connectivity index (χ0n) is 28.2. The molecule has 5 atom stereocenters. The van der Waals surface area contributed by atoms with Crippen molar-refractivity contribution in [2.24, 2.45) is 17.8 Å². The molecule has 9 nitrogen and oxygen atoms in total. The maximum atomic E-state index is 13.5. The predicted octanol–water partition coefficient (Wildman–Crippen LogP) is 6.71. The van der Waals surface area contributed by atoms with Crippen molar-refractivity contribution in [1.82, 2.24) is 9.88 Å². The number of allylic oxidation sites excluding steroid dienone is 1. The number of carbonyl (C=O) groups excluding carboxylic acids is 1. The normalized spacial score (nSPS) is 28.5. The molecular weight excluding hydrogens is 650 g/mol. The van der Waals surface area contributed by atoms with Crippen LogP contribution in [0.2, 0.25) is 5.02 Å². The van der Waals surface area contributed by atoms with Gasteiger partial charge in [0.15, 0.2) is 0 Å². The molecule has 258 valence electrons. The average molecular weight is 696 g/mol. The summed E-state index contributed by atoms with van der Waals surface area (Å²) in [5.41, 5.74) is 3.64. The number of nitrogens with zero attached hydrogens (tertiary/aromatic N) is 2. The van der Waals surface area contributed by atoms with Crippen molar-refractivity contribution < 1.29 is 27.6 Å². The molecule has 11 heteroatoms. The second-order valence-corrected chi connectivity index (χ2v) is 16.5. The molecular formula is C37H46ClN3O6S. The van der Waals surface area contributed by atoms with Gasteiger partial charge in [0.25, 0.3) is 5.91 Å². The number of nitrogens with one attached hydrogen (secondary N) is 1. The first-order valence-electron chi connectivity index (χ1n) is 17.0. The van der Waals surface area contributed by atoms with Crippen LogP contribution in [-0.2, 0) is 29.5 Å². The van der Waals surface area contributed by atoms with E-state index in [0.717, 1.165) is 65.9 Å². The fraction of sp³-hybridized carbons (Fsp3) is 0.514. The summed E-state index contributed by atoms with van der Waals surface area (Å²) in [4.78, 5) is 15.7. The molecule has 0 saturated heterocycles. The lowest BCUT2D eigenvalue weighted by molar-refractivity contribution is -0.0455. The third-order valence-corrected chi connectivity index (χ3v) is 13.0. The van der Waals surface area contributed by atoms with Crippen molar-refractivity contribution >= 4 is 33.2 Å². The Hall–Kier alpha value is -3.34. The minimum atomic E-state index is -4.00. The number of halogens is 1. The Morgan fingerprint density at radius 3 is 2.65 bits per heavy atom. The Balaban J connectivity index is 1.41. The fourth-order valence-electron chi connectivity index (χ4n) is 7.28. The molecule has 1 amide bonds. The Labute approximate surface area is 288 Å². The summed E-state index contributed by atoms with van der Waals surface area (Å²) in [6.07, 6.45) is 8.94. The highest BCUT2D eigenvalue weighted by atomic mass is 35.5. The summed E-state index contributed by atoms with van der Waals surface area (Å²) in [5, 5.41) is 16.6. The summed E-state index contributed by atoms with van der Waals surface area (Å²) >= 11 is 6.35. The van der Waals surface area contributed by atoms with Crippen LogP contribution in [0.3, 0.4) is 0 Å². The molecule has 1 aliphatic carbocycles. The number of aryl methyl sites for hydroxylation is 2. The molecule has 0 radical (unpaired) electrons. The van der Waals surface area contributed by atoms with Crippen LogP contribution in [0.25, 0.3) is 0 Å². The highest BCUT2D eigenvalue weighted by Crippen LogP contribution is 2.46. The monoisotopic (exact) mass is 695 g/mol. The molecule has 2 aliphatic heterocycles. The number of ether oxygens (including phenoxy) is 1. The number of fused-ring (bicyclic) bond motifs is 3. The smallest absolute Gasteiger partial charge is 0.264 e. The molecule has 1 fully saturated rings. The molecule has 48 heavy (non-hydrogen) atoms. The van der Waals surface area contributed by atoms with Gasteiger partial charge in [0.2, 0.25) is 10.0 Å². The van der Waals surface area contributed by atoms with E-state index in [4.69, 9.17) is 20.9 Å². The standard InChI is InChI=1S/C37H46ClN3O6S/c1-23-8-7-16-37(43,20-33-24(2)25(3)47-39-33)32-14-11-29(32)21-41-17-6-5-9-27-18-31(38)13-10-30(27)22-46-35-15-12-28(19-34(35)41)36(42)40-48(44,45)26(23)4/h7,10,12-13,15-16,18-19,23,26,29,32,43H,5-6,8-9,11,14,17,20-22H2,1-4H3,(H,40,42)/b16-7+/t23-,26+,29-,32?,37+/m0/s1. The van der Waals surface area contributed by atoms with Gasteiger partial charge < -0.3 is 19.3 Å². The number of benzene rings is 2. The number of sulfonamides is 1. The Bertz CT molecular complexity index is 1810. The van der Waals surface area contributed by atoms with Gasteiger partial charge in [0.1, 0.15) is 18.1 Å². The Kier molecular flexibility index (Phi) is 9.98. The van der Waals surface area contributed by atoms with E-state index in [9.17, 15) is 18.3 Å². The summed E-state index contributed by atoms with van der Waals surface area (Å²) in [5.74, 6) is 0.457. The van der Waals surface area contributed by atoms with Crippen molar-refractivity contribution in [3.05, 3.63) is 87.3 Å². The first-order chi connectivity index (χ1) is 22.8. The van der Waals surface area contributed by atoms with E-state index in [0.29, 0.717) is 43.3 Å². The van der Waals surface area contributed by atoms with Crippen LogP contribution in [0.1, 0.15) is 84.5 Å². The van der Waals surface area contributed by atoms with Gasteiger partial charge >= 0.3 is 0 Å². The van der Waals surface area contributed by atoms with Crippen LogP contribution in [0, 0.1) is 31.6 Å². The largest absolute Gasteiger partial charge is 0.487 e. The van der Waals surface area contributed by atoms with E-state index in [1.807, 2.05) is 51.1 Å². The molecule has 1 unspecified atom stereocenters. The lowest BCUT2D eigenvalue weighted by atomic mass is 9.63. The minimum absolute atomic E-state index is 0.0602. The SMILES string of the molecule is Cc1onc(C[C@]2(O)/C=C/C[C@H](C)[C@@H](C)S(=O)(=O)NC(=O)c3ccc4c(c3)N(CCCCc3cc(Cl)ccc3CO4)C[C@@H]3CCC32)c1C. The summed E-state index contributed by atoms with van der Waals surface area (Å²) in [6, 6.07) is 11.0. The van der Waals surface area contributed by atoms with Crippen LogP contribution >= 0.6 is 11.6 Å². The molecule has 2 bridgehead atoms. The van der Waals surface area contributed by atoms with Crippen molar-refractivity contribution in [2.45, 2.75) is 90.1 Å². The highest BCUT2D eigenvalue weighted by Gasteiger charge is 2.46. The number of hydrogen-bond acceptors (Lipinski definition) is 8. The fourth-order valence-corrected chi connectivity index (χ4v) is 8.76. The second-order valence-electron chi connectivity index (χ2n) is 14.0. The van der Waals surface area contributed by atoms with E-state index >= 15 is 0 Å². The molecule has 6 rings (SSSR count). The topological polar surface area (TPSA) is 122 Å². The molecule has 1 saturated carbocycles. The van der Waals surface area contributed by atoms with Crippen LogP contribution < -0.4 is 14.4 Å². The van der Waals surface area contributed by atoms with Crippen LogP contribution in [-0.4, -0.2) is 48.5 Å². The maximum Gasteiger partial charge on any atom is 0.264 e. The zero-order chi connectivity index (χ0) is 34.2. The van der Waals surface area contributed by atoms with Crippen molar-refractivity contribution in [2.75, 3.05) is 18.0 Å². The lowest BCUT2D eigenvalue weighted by Gasteiger charge is -2.48. The van der Waals surface area contributed by atoms with Crippen molar-refractivity contribution in [3.63, 3.8) is 0 Å². The van der Waals surface area contributed by atoms with E-state index in [1.54, 1.807) is 25.1 Å². The molecule has 3 aliphatic rings. The van der Waals surface area contributed by atoms with E-state index in [-0.39, 0.29) is 23.3 Å². The van der Waals surface area contributed by atoms with Gasteiger partial charge in [-0.2, -0.15) is 0 Å². The number of anilines is 1. The van der Waals surface area contributed by atoms with Gasteiger partial charge in [0, 0.05) is 35.7 Å². The summed E-state index contributed by atoms with van der Waals surface area (Å²) in [7, 11) is -4.00. The van der Waals surface area contributed by atoms with E-state index in [2.05, 4.69) is 14.8 Å². The van der Waals surface area contributed by atoms with Gasteiger partial charge in [-0.25, -0.2) is 13.1 Å². The Morgan fingerprint density at radius 2 is 1.92 bits per heavy atom. The second kappa shape index (κ2) is 13.9. The number of aliphatic hydroxyl groups is 1. The quantitative estimate of drug-likeness (QED) is 0.284. The van der Waals surface area contributed by atoms with Crippen LogP contribution in [0.15, 0.2) is 53.1 Å². The third-order valence-electron chi connectivity index (χ3n) is 10.9. The van der Waals surface area contributed by atoms with Crippen LogP contribution in [0.4, 0.5) is 5.69 Å². The zero-order valence-corrected chi connectivity index (χ0v) is 29.7. The van der Waals surface area contributed by atoms with E-state index in [1.165, 1.54) is 0 Å². The molecule has 1 aromatic heterocycles. The Morgan fingerprint density at radius 1 is 1.10 bits per heavy atom. The molecule has 2 N–H and O–H groups in total. The third kappa shape index (κ3) is 7.16. The summed E-state index contributed by atoms with van der Waals surface area (Å²) < 4.78 is 41.1. The first kappa shape index (κ1) is 34.5. The van der Waals surface area contributed by atoms with Gasteiger partial charge in [0.05, 0.1) is 22.2 Å². The van der Waals surface area contributed by atoms with Crippen molar-refractivity contribution in [3.8, 4) is 5.75 Å². The highest BCUT2D eigenvalue weighted by molar-refractivity contribution is 7.90. The average Bonchev–Trinajstić information content (AvgIpc) is 3.32. The molecule has 3 heterocycles. The lowest BCUT2D eigenvalue weighted by Crippen LogP contribution is -2.51. The number of rotatable bonds is 2. The van der Waals surface area contributed by atoms with Crippen LogP contribution in [0.5, 0.6) is 5.75 Å². The maximum absolute atomic E-state index is 13.5. The molecule has 0 spiro atoms. The van der Waals surface area contributed by atoms with Crippen molar-refractivity contribution in [1.29, 1.82) is 0 Å². The molecule has 3 aromatic rings.